The minimum Gasteiger partial charge on any atom is -0.486 e. The molecule has 0 amide bonds. The molecule has 1 unspecified atom stereocenters. The molecule has 0 fully saturated rings. The van der Waals surface area contributed by atoms with Crippen molar-refractivity contribution in [1.82, 2.24) is 0 Å². The molecule has 1 N–H and O–H groups in total. The first-order chi connectivity index (χ1) is 9.24. The van der Waals surface area contributed by atoms with Gasteiger partial charge in [-0.2, -0.15) is 0 Å². The van der Waals surface area contributed by atoms with Gasteiger partial charge < -0.3 is 9.84 Å². The molecule has 0 spiro atoms. The summed E-state index contributed by atoms with van der Waals surface area (Å²) in [5, 5.41) is 8.71. The van der Waals surface area contributed by atoms with Gasteiger partial charge in [-0.05, 0) is 49.5 Å². The number of aliphatic carboxylic acids is 1. The number of ether oxygens (including phenoxy) is 1. The highest BCUT2D eigenvalue weighted by Gasteiger charge is 2.09. The zero-order valence-corrected chi connectivity index (χ0v) is 11.0. The summed E-state index contributed by atoms with van der Waals surface area (Å²) < 4.78 is 5.92. The molecule has 19 heavy (non-hydrogen) atoms. The number of benzene rings is 1. The molecule has 0 heterocycles. The lowest BCUT2D eigenvalue weighted by Crippen LogP contribution is -2.14. The number of hydrogen-bond donors (Lipinski definition) is 1. The van der Waals surface area contributed by atoms with Gasteiger partial charge in [0.15, 0.2) is 0 Å². The molecule has 0 saturated carbocycles. The van der Waals surface area contributed by atoms with Crippen molar-refractivity contribution in [3.8, 4) is 5.75 Å². The van der Waals surface area contributed by atoms with Gasteiger partial charge in [-0.15, -0.1) is 0 Å². The third-order valence-corrected chi connectivity index (χ3v) is 3.28. The lowest BCUT2D eigenvalue weighted by Gasteiger charge is -2.17. The van der Waals surface area contributed by atoms with Crippen LogP contribution in [0.2, 0.25) is 0 Å². The summed E-state index contributed by atoms with van der Waals surface area (Å²) in [5.41, 5.74) is 0.799. The topological polar surface area (TPSA) is 46.5 Å². The number of rotatable bonds is 4. The van der Waals surface area contributed by atoms with Crippen molar-refractivity contribution >= 4 is 5.97 Å². The highest BCUT2D eigenvalue weighted by Crippen LogP contribution is 2.19. The first kappa shape index (κ1) is 13.7. The van der Waals surface area contributed by atoms with Gasteiger partial charge in [0.1, 0.15) is 11.9 Å². The molecule has 0 radical (unpaired) electrons. The molecule has 1 aliphatic carbocycles. The second-order valence-corrected chi connectivity index (χ2v) is 4.94. The summed E-state index contributed by atoms with van der Waals surface area (Å²) >= 11 is 0. The minimum absolute atomic E-state index is 0.0591. The maximum absolute atomic E-state index is 10.6. The Hall–Kier alpha value is -1.77. The molecule has 3 heteroatoms. The van der Waals surface area contributed by atoms with E-state index in [1.54, 1.807) is 0 Å². The molecule has 1 aromatic rings. The third-order valence-electron chi connectivity index (χ3n) is 3.28. The summed E-state index contributed by atoms with van der Waals surface area (Å²) in [6, 6.07) is 7.34. The Morgan fingerprint density at radius 3 is 2.74 bits per heavy atom. The van der Waals surface area contributed by atoms with Crippen LogP contribution >= 0.6 is 0 Å². The van der Waals surface area contributed by atoms with E-state index in [0.717, 1.165) is 24.2 Å². The highest BCUT2D eigenvalue weighted by atomic mass is 16.5. The van der Waals surface area contributed by atoms with Crippen LogP contribution in [0.5, 0.6) is 5.75 Å². The summed E-state index contributed by atoms with van der Waals surface area (Å²) in [6.07, 6.45) is 10.5. The predicted octanol–water partition coefficient (Wildman–Crippen LogP) is 3.58. The van der Waals surface area contributed by atoms with E-state index in [1.165, 1.54) is 19.3 Å². The first-order valence-corrected chi connectivity index (χ1v) is 6.88. The van der Waals surface area contributed by atoms with Crippen LogP contribution in [0.3, 0.4) is 0 Å². The van der Waals surface area contributed by atoms with Crippen LogP contribution < -0.4 is 4.74 Å². The summed E-state index contributed by atoms with van der Waals surface area (Å²) in [4.78, 5) is 10.6. The molecule has 3 nitrogen and oxygen atoms in total. The fourth-order valence-corrected chi connectivity index (χ4v) is 2.26. The van der Waals surface area contributed by atoms with Gasteiger partial charge in [0.2, 0.25) is 0 Å². The van der Waals surface area contributed by atoms with Crippen LogP contribution in [0.15, 0.2) is 36.4 Å². The van der Waals surface area contributed by atoms with Crippen molar-refractivity contribution in [3.05, 3.63) is 42.0 Å². The van der Waals surface area contributed by atoms with Gasteiger partial charge in [0.25, 0.3) is 0 Å². The summed E-state index contributed by atoms with van der Waals surface area (Å²) in [6.45, 7) is 0. The Morgan fingerprint density at radius 2 is 2.00 bits per heavy atom. The van der Waals surface area contributed by atoms with E-state index in [1.807, 2.05) is 24.3 Å². The Labute approximate surface area is 113 Å². The molecular formula is C16H20O3. The number of allylic oxidation sites excluding steroid dienone is 1. The smallest absolute Gasteiger partial charge is 0.307 e. The molecule has 1 aromatic carbocycles. The second kappa shape index (κ2) is 6.98. The lowest BCUT2D eigenvalue weighted by atomic mass is 10.0. The Balaban J connectivity index is 1.94. The molecule has 0 aliphatic heterocycles. The van der Waals surface area contributed by atoms with Crippen molar-refractivity contribution in [2.24, 2.45) is 0 Å². The molecule has 102 valence electrons. The van der Waals surface area contributed by atoms with Gasteiger partial charge in [-0.3, -0.25) is 4.79 Å². The maximum Gasteiger partial charge on any atom is 0.307 e. The first-order valence-electron chi connectivity index (χ1n) is 6.88. The maximum atomic E-state index is 10.6. The summed E-state index contributed by atoms with van der Waals surface area (Å²) in [7, 11) is 0. The third kappa shape index (κ3) is 4.78. The average Bonchev–Trinajstić information content (AvgIpc) is 2.34. The average molecular weight is 260 g/mol. The van der Waals surface area contributed by atoms with Gasteiger partial charge in [-0.25, -0.2) is 0 Å². The number of carbonyl (C=O) groups is 1. The normalized spacial score (nSPS) is 21.2. The quantitative estimate of drug-likeness (QED) is 0.842. The Morgan fingerprint density at radius 1 is 1.21 bits per heavy atom. The largest absolute Gasteiger partial charge is 0.486 e. The van der Waals surface area contributed by atoms with Crippen LogP contribution in [0.1, 0.15) is 37.7 Å². The predicted molar refractivity (Wildman–Crippen MR) is 74.4 cm³/mol. The Bertz CT molecular complexity index is 434. The van der Waals surface area contributed by atoms with E-state index in [9.17, 15) is 4.79 Å². The van der Waals surface area contributed by atoms with Crippen LogP contribution in [-0.4, -0.2) is 17.2 Å². The van der Waals surface area contributed by atoms with Gasteiger partial charge in [0.05, 0.1) is 6.42 Å². The zero-order chi connectivity index (χ0) is 13.5. The number of carboxylic acids is 1. The molecule has 0 aromatic heterocycles. The zero-order valence-electron chi connectivity index (χ0n) is 11.0. The number of carboxylic acid groups (broad SMARTS) is 1. The molecule has 2 rings (SSSR count). The van der Waals surface area contributed by atoms with Gasteiger partial charge in [-0.1, -0.05) is 24.6 Å². The standard InChI is InChI=1S/C16H20O3/c17-16(18)12-13-8-10-15(11-9-13)19-14-6-4-2-1-3-5-7-14/h4,6,8-11,14H,1-3,5,7,12H2,(H,17,18)/b6-4+. The SMILES string of the molecule is O=C(O)Cc1ccc(OC2/C=C/CCCCC2)cc1. The van der Waals surface area contributed by atoms with E-state index in [-0.39, 0.29) is 12.5 Å². The molecule has 0 saturated heterocycles. The fourth-order valence-electron chi connectivity index (χ4n) is 2.26. The van der Waals surface area contributed by atoms with Crippen molar-refractivity contribution in [2.45, 2.75) is 44.6 Å². The molecule has 0 bridgehead atoms. The van der Waals surface area contributed by atoms with E-state index in [2.05, 4.69) is 12.2 Å². The van der Waals surface area contributed by atoms with Crippen molar-refractivity contribution in [3.63, 3.8) is 0 Å². The van der Waals surface area contributed by atoms with E-state index in [4.69, 9.17) is 9.84 Å². The monoisotopic (exact) mass is 260 g/mol. The van der Waals surface area contributed by atoms with Crippen LogP contribution in [0.4, 0.5) is 0 Å². The van der Waals surface area contributed by atoms with Gasteiger partial charge >= 0.3 is 5.97 Å². The van der Waals surface area contributed by atoms with Crippen molar-refractivity contribution < 1.29 is 14.6 Å². The van der Waals surface area contributed by atoms with E-state index < -0.39 is 5.97 Å². The lowest BCUT2D eigenvalue weighted by molar-refractivity contribution is -0.136. The number of hydrogen-bond acceptors (Lipinski definition) is 2. The van der Waals surface area contributed by atoms with Crippen LogP contribution in [-0.2, 0) is 11.2 Å². The van der Waals surface area contributed by atoms with Crippen molar-refractivity contribution in [2.75, 3.05) is 0 Å². The minimum atomic E-state index is -0.809. The van der Waals surface area contributed by atoms with E-state index in [0.29, 0.717) is 0 Å². The highest BCUT2D eigenvalue weighted by molar-refractivity contribution is 5.70. The molecule has 1 aliphatic rings. The molecule has 1 atom stereocenters. The van der Waals surface area contributed by atoms with Crippen LogP contribution in [0.25, 0.3) is 0 Å². The molecular weight excluding hydrogens is 240 g/mol. The fraction of sp³-hybridized carbons (Fsp3) is 0.438. The Kier molecular flexibility index (Phi) is 5.01. The van der Waals surface area contributed by atoms with Crippen LogP contribution in [0, 0.1) is 0 Å². The second-order valence-electron chi connectivity index (χ2n) is 4.94. The van der Waals surface area contributed by atoms with Crippen molar-refractivity contribution in [1.29, 1.82) is 0 Å². The van der Waals surface area contributed by atoms with E-state index >= 15 is 0 Å². The van der Waals surface area contributed by atoms with Gasteiger partial charge in [0, 0.05) is 0 Å². The summed E-state index contributed by atoms with van der Waals surface area (Å²) in [5.74, 6) is 0.000909.